The molecule has 1 aromatic carbocycles. The van der Waals surface area contributed by atoms with Gasteiger partial charge in [0.05, 0.1) is 19.3 Å². The Balaban J connectivity index is 1.82. The lowest BCUT2D eigenvalue weighted by Crippen LogP contribution is -2.17. The predicted octanol–water partition coefficient (Wildman–Crippen LogP) is 3.59. The smallest absolute Gasteiger partial charge is 0.387 e. The molecule has 1 heterocycles. The van der Waals surface area contributed by atoms with E-state index in [0.717, 1.165) is 24.2 Å². The van der Waals surface area contributed by atoms with Crippen LogP contribution in [-0.4, -0.2) is 22.9 Å². The third-order valence-electron chi connectivity index (χ3n) is 4.65. The number of aliphatic hydroxyl groups excluding tert-OH is 1. The highest BCUT2D eigenvalue weighted by molar-refractivity contribution is 5.43. The topological polar surface area (TPSA) is 60.7 Å². The largest absolute Gasteiger partial charge is 0.489 e. The van der Waals surface area contributed by atoms with Crippen LogP contribution in [0, 0.1) is 19.8 Å². The number of nitrogens with zero attached hydrogens (tertiary/aromatic N) is 1. The third kappa shape index (κ3) is 5.07. The van der Waals surface area contributed by atoms with E-state index in [1.807, 2.05) is 4.57 Å². The Bertz CT molecular complexity index is 835. The first-order chi connectivity index (χ1) is 12.8. The molecule has 1 aliphatic rings. The summed E-state index contributed by atoms with van der Waals surface area (Å²) in [5.41, 5.74) is 1.92. The number of aromatic nitrogens is 1. The third-order valence-corrected chi connectivity index (χ3v) is 4.65. The lowest BCUT2D eigenvalue weighted by atomic mass is 10.1. The van der Waals surface area contributed by atoms with Gasteiger partial charge in [0.15, 0.2) is 16.9 Å². The summed E-state index contributed by atoms with van der Waals surface area (Å²) < 4.78 is 37.3. The number of halogens is 2. The Kier molecular flexibility index (Phi) is 5.79. The van der Waals surface area contributed by atoms with E-state index in [1.165, 1.54) is 24.3 Å². The van der Waals surface area contributed by atoms with Crippen LogP contribution in [-0.2, 0) is 6.54 Å². The second kappa shape index (κ2) is 8.08. The first-order valence-electron chi connectivity index (χ1n) is 8.91. The molecule has 3 rings (SSSR count). The summed E-state index contributed by atoms with van der Waals surface area (Å²) in [5, 5.41) is 10.6. The van der Waals surface area contributed by atoms with Gasteiger partial charge < -0.3 is 19.1 Å². The van der Waals surface area contributed by atoms with Gasteiger partial charge in [-0.25, -0.2) is 0 Å². The van der Waals surface area contributed by atoms with Gasteiger partial charge in [0.2, 0.25) is 0 Å². The van der Waals surface area contributed by atoms with Crippen molar-refractivity contribution in [1.82, 2.24) is 4.57 Å². The first kappa shape index (κ1) is 19.4. The molecule has 0 spiro atoms. The Morgan fingerprint density at radius 2 is 1.81 bits per heavy atom. The van der Waals surface area contributed by atoms with Crippen LogP contribution in [0.5, 0.6) is 11.5 Å². The number of hydrogen-bond acceptors (Lipinski definition) is 4. The average Bonchev–Trinajstić information content (AvgIpc) is 3.40. The Morgan fingerprint density at radius 3 is 2.41 bits per heavy atom. The highest BCUT2D eigenvalue weighted by Gasteiger charge is 2.23. The number of ether oxygens (including phenoxy) is 2. The summed E-state index contributed by atoms with van der Waals surface area (Å²) in [6.45, 7) is 1.32. The maximum atomic E-state index is 12.6. The molecule has 1 fully saturated rings. The molecule has 2 aromatic rings. The van der Waals surface area contributed by atoms with Gasteiger partial charge in [-0.05, 0) is 50.3 Å². The van der Waals surface area contributed by atoms with E-state index in [9.17, 15) is 18.7 Å². The molecular formula is C20H23F2NO4. The van der Waals surface area contributed by atoms with Crippen LogP contribution >= 0.6 is 0 Å². The van der Waals surface area contributed by atoms with E-state index < -0.39 is 12.7 Å². The second-order valence-corrected chi connectivity index (χ2v) is 6.94. The van der Waals surface area contributed by atoms with Crippen LogP contribution in [0.15, 0.2) is 35.1 Å². The van der Waals surface area contributed by atoms with E-state index in [2.05, 4.69) is 4.74 Å². The van der Waals surface area contributed by atoms with Crippen molar-refractivity contribution in [3.8, 4) is 11.5 Å². The van der Waals surface area contributed by atoms with E-state index in [1.54, 1.807) is 19.9 Å². The van der Waals surface area contributed by atoms with E-state index in [4.69, 9.17) is 4.74 Å². The molecule has 1 N–H and O–H groups in total. The standard InChI is InChI=1S/C20H23F2NO4/c1-12-7-16(24)8-13(2)23(12)10-17(25)15-5-6-18(27-20(21)22)19(9-15)26-11-14-3-4-14/h5-9,14,17,20,25H,3-4,10-11H2,1-2H3. The monoisotopic (exact) mass is 379 g/mol. The van der Waals surface area contributed by atoms with Crippen LogP contribution in [0.2, 0.25) is 0 Å². The summed E-state index contributed by atoms with van der Waals surface area (Å²) >= 11 is 0. The fraction of sp³-hybridized carbons (Fsp3) is 0.450. The maximum absolute atomic E-state index is 12.6. The van der Waals surface area contributed by atoms with Gasteiger partial charge in [-0.3, -0.25) is 4.79 Å². The number of hydrogen-bond donors (Lipinski definition) is 1. The van der Waals surface area contributed by atoms with Gasteiger partial charge >= 0.3 is 6.61 Å². The number of alkyl halides is 2. The van der Waals surface area contributed by atoms with Gasteiger partial charge in [-0.15, -0.1) is 0 Å². The average molecular weight is 379 g/mol. The zero-order valence-electron chi connectivity index (χ0n) is 15.3. The van der Waals surface area contributed by atoms with Crippen LogP contribution in [0.1, 0.15) is 35.9 Å². The molecule has 1 aliphatic carbocycles. The maximum Gasteiger partial charge on any atom is 0.387 e. The van der Waals surface area contributed by atoms with Crippen LogP contribution in [0.4, 0.5) is 8.78 Å². The van der Waals surface area contributed by atoms with Crippen molar-refractivity contribution in [3.05, 3.63) is 57.5 Å². The fourth-order valence-electron chi connectivity index (χ4n) is 2.98. The van der Waals surface area contributed by atoms with Crippen molar-refractivity contribution < 1.29 is 23.4 Å². The summed E-state index contributed by atoms with van der Waals surface area (Å²) in [6.07, 6.45) is 1.24. The molecule has 0 amide bonds. The fourth-order valence-corrected chi connectivity index (χ4v) is 2.98. The number of aliphatic hydroxyl groups is 1. The molecule has 5 nitrogen and oxygen atoms in total. The molecule has 0 aliphatic heterocycles. The number of benzene rings is 1. The van der Waals surface area contributed by atoms with E-state index >= 15 is 0 Å². The molecule has 1 atom stereocenters. The lowest BCUT2D eigenvalue weighted by Gasteiger charge is -2.20. The first-order valence-corrected chi connectivity index (χ1v) is 8.91. The summed E-state index contributed by atoms with van der Waals surface area (Å²) in [4.78, 5) is 11.6. The molecule has 1 aromatic heterocycles. The van der Waals surface area contributed by atoms with Crippen molar-refractivity contribution in [2.24, 2.45) is 5.92 Å². The van der Waals surface area contributed by atoms with Crippen molar-refractivity contribution in [1.29, 1.82) is 0 Å². The highest BCUT2D eigenvalue weighted by Crippen LogP contribution is 2.35. The minimum absolute atomic E-state index is 0.0441. The Labute approximate surface area is 156 Å². The van der Waals surface area contributed by atoms with Crippen molar-refractivity contribution in [2.45, 2.75) is 45.9 Å². The number of aryl methyl sites for hydroxylation is 2. The molecule has 146 valence electrons. The van der Waals surface area contributed by atoms with Crippen LogP contribution in [0.25, 0.3) is 0 Å². The lowest BCUT2D eigenvalue weighted by molar-refractivity contribution is -0.0515. The zero-order chi connectivity index (χ0) is 19.6. The van der Waals surface area contributed by atoms with Crippen LogP contribution in [0.3, 0.4) is 0 Å². The highest BCUT2D eigenvalue weighted by atomic mass is 19.3. The normalized spacial score (nSPS) is 15.0. The molecule has 7 heteroatoms. The predicted molar refractivity (Wildman–Crippen MR) is 96.4 cm³/mol. The minimum atomic E-state index is -2.95. The molecule has 0 bridgehead atoms. The van der Waals surface area contributed by atoms with Crippen molar-refractivity contribution >= 4 is 0 Å². The Morgan fingerprint density at radius 1 is 1.15 bits per heavy atom. The zero-order valence-corrected chi connectivity index (χ0v) is 15.3. The molecule has 0 radical (unpaired) electrons. The minimum Gasteiger partial charge on any atom is -0.489 e. The second-order valence-electron chi connectivity index (χ2n) is 6.94. The molecule has 1 unspecified atom stereocenters. The van der Waals surface area contributed by atoms with Gasteiger partial charge in [-0.1, -0.05) is 6.07 Å². The molecule has 27 heavy (non-hydrogen) atoms. The van der Waals surface area contributed by atoms with Crippen LogP contribution < -0.4 is 14.9 Å². The van der Waals surface area contributed by atoms with E-state index in [-0.39, 0.29) is 23.5 Å². The molecule has 0 saturated heterocycles. The molecule has 1 saturated carbocycles. The van der Waals surface area contributed by atoms with Crippen molar-refractivity contribution in [3.63, 3.8) is 0 Å². The molecular weight excluding hydrogens is 356 g/mol. The van der Waals surface area contributed by atoms with Gasteiger partial charge in [-0.2, -0.15) is 8.78 Å². The quantitative estimate of drug-likeness (QED) is 0.762. The number of rotatable bonds is 8. The van der Waals surface area contributed by atoms with Gasteiger partial charge in [0.25, 0.3) is 0 Å². The Hall–Kier alpha value is -2.41. The summed E-state index contributed by atoms with van der Waals surface area (Å²) in [5.74, 6) is 0.605. The summed E-state index contributed by atoms with van der Waals surface area (Å²) in [6, 6.07) is 7.47. The van der Waals surface area contributed by atoms with Crippen molar-refractivity contribution in [2.75, 3.05) is 6.61 Å². The van der Waals surface area contributed by atoms with Gasteiger partial charge in [0, 0.05) is 23.5 Å². The SMILES string of the molecule is Cc1cc(=O)cc(C)n1CC(O)c1ccc(OC(F)F)c(OCC2CC2)c1. The van der Waals surface area contributed by atoms with E-state index in [0.29, 0.717) is 18.1 Å². The number of pyridine rings is 1. The summed E-state index contributed by atoms with van der Waals surface area (Å²) in [7, 11) is 0. The van der Waals surface area contributed by atoms with Gasteiger partial charge in [0.1, 0.15) is 0 Å².